The fourth-order valence-electron chi connectivity index (χ4n) is 2.91. The summed E-state index contributed by atoms with van der Waals surface area (Å²) in [6.07, 6.45) is 0.678. The van der Waals surface area contributed by atoms with Crippen LogP contribution < -0.4 is 15.6 Å². The maximum atomic E-state index is 12.8. The van der Waals surface area contributed by atoms with Crippen molar-refractivity contribution in [3.8, 4) is 11.5 Å². The number of esters is 1. The molecule has 2 N–H and O–H groups in total. The number of pyridine rings is 1. The number of hydrogen-bond donors (Lipinski definition) is 2. The van der Waals surface area contributed by atoms with Crippen molar-refractivity contribution >= 4 is 28.3 Å². The molecule has 8 heteroatoms. The lowest BCUT2D eigenvalue weighted by Gasteiger charge is -2.15. The fourth-order valence-corrected chi connectivity index (χ4v) is 2.91. The lowest BCUT2D eigenvalue weighted by Crippen LogP contribution is -2.28. The van der Waals surface area contributed by atoms with Crippen LogP contribution in [0.4, 0.5) is 5.69 Å². The topological polar surface area (TPSA) is 107 Å². The van der Waals surface area contributed by atoms with E-state index < -0.39 is 12.1 Å². The standard InChI is InChI=1S/C22H22N2O6/c1-3-29-22(28)14(2)30-19-6-4-5-18-17(19)11-12-24(21(18)27)13-20(26)23-15-7-9-16(25)10-8-15/h4-12,14,25H,3,13H2,1-2H3,(H,23,26). The number of aromatic nitrogens is 1. The van der Waals surface area contributed by atoms with Crippen molar-refractivity contribution in [3.63, 3.8) is 0 Å². The first-order valence-electron chi connectivity index (χ1n) is 9.43. The van der Waals surface area contributed by atoms with E-state index in [1.165, 1.54) is 22.9 Å². The van der Waals surface area contributed by atoms with Gasteiger partial charge in [-0.3, -0.25) is 9.59 Å². The van der Waals surface area contributed by atoms with Crippen molar-refractivity contribution in [1.29, 1.82) is 0 Å². The number of ether oxygens (including phenoxy) is 2. The summed E-state index contributed by atoms with van der Waals surface area (Å²) in [6, 6.07) is 12.6. The third-order valence-corrected chi connectivity index (χ3v) is 4.37. The smallest absolute Gasteiger partial charge is 0.347 e. The molecule has 156 valence electrons. The number of anilines is 1. The molecular formula is C22H22N2O6. The maximum Gasteiger partial charge on any atom is 0.347 e. The minimum atomic E-state index is -0.825. The molecule has 0 spiro atoms. The number of fused-ring (bicyclic) bond motifs is 1. The Balaban J connectivity index is 1.80. The van der Waals surface area contributed by atoms with Crippen molar-refractivity contribution < 1.29 is 24.2 Å². The van der Waals surface area contributed by atoms with E-state index in [2.05, 4.69) is 5.32 Å². The maximum absolute atomic E-state index is 12.8. The minimum absolute atomic E-state index is 0.0917. The van der Waals surface area contributed by atoms with E-state index in [0.29, 0.717) is 22.2 Å². The molecule has 1 aromatic heterocycles. The molecule has 1 atom stereocenters. The molecule has 0 fully saturated rings. The zero-order chi connectivity index (χ0) is 21.7. The molecule has 0 saturated heterocycles. The highest BCUT2D eigenvalue weighted by Gasteiger charge is 2.18. The molecule has 30 heavy (non-hydrogen) atoms. The Kier molecular flexibility index (Phi) is 6.36. The number of hydrogen-bond acceptors (Lipinski definition) is 6. The van der Waals surface area contributed by atoms with Gasteiger partial charge in [-0.2, -0.15) is 0 Å². The highest BCUT2D eigenvalue weighted by molar-refractivity contribution is 5.91. The Hall–Kier alpha value is -3.81. The van der Waals surface area contributed by atoms with Gasteiger partial charge in [0.15, 0.2) is 6.10 Å². The van der Waals surface area contributed by atoms with E-state index in [1.54, 1.807) is 50.2 Å². The second-order valence-corrected chi connectivity index (χ2v) is 6.57. The van der Waals surface area contributed by atoms with Crippen LogP contribution in [-0.2, 0) is 20.9 Å². The van der Waals surface area contributed by atoms with Crippen LogP contribution >= 0.6 is 0 Å². The SMILES string of the molecule is CCOC(=O)C(C)Oc1cccc2c(=O)n(CC(=O)Nc3ccc(O)cc3)ccc12. The van der Waals surface area contributed by atoms with Crippen molar-refractivity contribution in [2.24, 2.45) is 0 Å². The molecule has 0 aliphatic heterocycles. The van der Waals surface area contributed by atoms with E-state index in [9.17, 15) is 19.5 Å². The third kappa shape index (κ3) is 4.78. The normalized spacial score (nSPS) is 11.7. The van der Waals surface area contributed by atoms with Crippen LogP contribution in [0.5, 0.6) is 11.5 Å². The molecule has 0 aliphatic carbocycles. The van der Waals surface area contributed by atoms with Gasteiger partial charge in [0.25, 0.3) is 5.56 Å². The zero-order valence-electron chi connectivity index (χ0n) is 16.6. The van der Waals surface area contributed by atoms with Gasteiger partial charge in [-0.25, -0.2) is 4.79 Å². The largest absolute Gasteiger partial charge is 0.508 e. The van der Waals surface area contributed by atoms with Gasteiger partial charge in [0.2, 0.25) is 5.91 Å². The number of phenolic OH excluding ortho intramolecular Hbond substituents is 1. The van der Waals surface area contributed by atoms with E-state index in [0.717, 1.165) is 0 Å². The lowest BCUT2D eigenvalue weighted by atomic mass is 10.1. The Bertz CT molecular complexity index is 1120. The second-order valence-electron chi connectivity index (χ2n) is 6.57. The fraction of sp³-hybridized carbons (Fsp3) is 0.227. The summed E-state index contributed by atoms with van der Waals surface area (Å²) in [4.78, 5) is 37.0. The Morgan fingerprint density at radius 2 is 1.83 bits per heavy atom. The minimum Gasteiger partial charge on any atom is -0.508 e. The first-order valence-corrected chi connectivity index (χ1v) is 9.43. The second kappa shape index (κ2) is 9.13. The molecule has 8 nitrogen and oxygen atoms in total. The van der Waals surface area contributed by atoms with Gasteiger partial charge in [-0.05, 0) is 56.3 Å². The molecule has 0 saturated carbocycles. The Morgan fingerprint density at radius 1 is 1.10 bits per heavy atom. The van der Waals surface area contributed by atoms with Gasteiger partial charge in [-0.1, -0.05) is 6.07 Å². The number of carbonyl (C=O) groups is 2. The number of phenols is 1. The summed E-state index contributed by atoms with van der Waals surface area (Å²) < 4.78 is 11.9. The van der Waals surface area contributed by atoms with Gasteiger partial charge in [0.05, 0.1) is 12.0 Å². The summed E-state index contributed by atoms with van der Waals surface area (Å²) in [5.74, 6) is -0.404. The van der Waals surface area contributed by atoms with E-state index in [4.69, 9.17) is 9.47 Å². The highest BCUT2D eigenvalue weighted by Crippen LogP contribution is 2.24. The van der Waals surface area contributed by atoms with E-state index >= 15 is 0 Å². The van der Waals surface area contributed by atoms with Crippen LogP contribution in [0.1, 0.15) is 13.8 Å². The number of benzene rings is 2. The highest BCUT2D eigenvalue weighted by atomic mass is 16.6. The van der Waals surface area contributed by atoms with Gasteiger partial charge in [0, 0.05) is 17.3 Å². The van der Waals surface area contributed by atoms with Crippen LogP contribution in [0.3, 0.4) is 0 Å². The summed E-state index contributed by atoms with van der Waals surface area (Å²) in [7, 11) is 0. The monoisotopic (exact) mass is 410 g/mol. The van der Waals surface area contributed by atoms with E-state index in [1.807, 2.05) is 0 Å². The lowest BCUT2D eigenvalue weighted by molar-refractivity contribution is -0.150. The average molecular weight is 410 g/mol. The zero-order valence-corrected chi connectivity index (χ0v) is 16.6. The molecule has 1 heterocycles. The number of carbonyl (C=O) groups excluding carboxylic acids is 2. The number of amides is 1. The third-order valence-electron chi connectivity index (χ3n) is 4.37. The quantitative estimate of drug-likeness (QED) is 0.458. The van der Waals surface area contributed by atoms with Crippen LogP contribution in [0.25, 0.3) is 10.8 Å². The number of nitrogens with one attached hydrogen (secondary N) is 1. The summed E-state index contributed by atoms with van der Waals surface area (Å²) in [6.45, 7) is 3.35. The first kappa shape index (κ1) is 20.9. The summed E-state index contributed by atoms with van der Waals surface area (Å²) >= 11 is 0. The molecule has 0 bridgehead atoms. The van der Waals surface area contributed by atoms with Crippen molar-refractivity contribution in [3.05, 3.63) is 65.1 Å². The van der Waals surface area contributed by atoms with Gasteiger partial charge < -0.3 is 24.5 Å². The van der Waals surface area contributed by atoms with Crippen LogP contribution in [0.2, 0.25) is 0 Å². The molecule has 3 aromatic rings. The molecular weight excluding hydrogens is 388 g/mol. The van der Waals surface area contributed by atoms with Gasteiger partial charge in [0.1, 0.15) is 18.0 Å². The number of rotatable bonds is 7. The molecule has 0 radical (unpaired) electrons. The average Bonchev–Trinajstić information content (AvgIpc) is 2.72. The van der Waals surface area contributed by atoms with Gasteiger partial charge in [-0.15, -0.1) is 0 Å². The molecule has 3 rings (SSSR count). The van der Waals surface area contributed by atoms with Gasteiger partial charge >= 0.3 is 5.97 Å². The summed E-state index contributed by atoms with van der Waals surface area (Å²) in [5, 5.41) is 12.9. The number of nitrogens with zero attached hydrogens (tertiary/aromatic N) is 1. The molecule has 2 aromatic carbocycles. The molecule has 1 unspecified atom stereocenters. The van der Waals surface area contributed by atoms with Crippen LogP contribution in [0.15, 0.2) is 59.5 Å². The van der Waals surface area contributed by atoms with Crippen LogP contribution in [0, 0.1) is 0 Å². The Morgan fingerprint density at radius 3 is 2.53 bits per heavy atom. The van der Waals surface area contributed by atoms with Crippen molar-refractivity contribution in [2.75, 3.05) is 11.9 Å². The van der Waals surface area contributed by atoms with Crippen molar-refractivity contribution in [2.45, 2.75) is 26.5 Å². The molecule has 1 amide bonds. The number of aromatic hydroxyl groups is 1. The predicted octanol–water partition coefficient (Wildman–Crippen LogP) is 2.68. The van der Waals surface area contributed by atoms with E-state index in [-0.39, 0.29) is 30.4 Å². The van der Waals surface area contributed by atoms with Crippen molar-refractivity contribution in [1.82, 2.24) is 4.57 Å². The molecule has 0 aliphatic rings. The predicted molar refractivity (Wildman–Crippen MR) is 112 cm³/mol. The summed E-state index contributed by atoms with van der Waals surface area (Å²) in [5.41, 5.74) is 0.151. The first-order chi connectivity index (χ1) is 14.4. The van der Waals surface area contributed by atoms with Crippen LogP contribution in [-0.4, -0.2) is 34.3 Å². The Labute approximate surface area is 172 Å².